The van der Waals surface area contributed by atoms with E-state index in [2.05, 4.69) is 31.2 Å². The number of halogens is 2. The molecule has 0 amide bonds. The standard InChI is InChI=1S/C28H24Cl2N8O2S/c1-14-11-41-27(35-14)28(32)12-38(13-28)26-16(7-31)4-17(8-34-26)25-18-5-23(22(39-3)6-21(18)36-37-25)40-15(2)24-19(29)9-33-10-20(24)30/h4-6,8-11,15H,12-13,32H2,1-3H3,(H,36,37)/t15-/m1/s1. The molecule has 10 nitrogen and oxygen atoms in total. The molecule has 1 saturated heterocycles. The number of H-pyrrole nitrogens is 1. The molecule has 0 unspecified atom stereocenters. The first-order valence-electron chi connectivity index (χ1n) is 12.6. The van der Waals surface area contributed by atoms with E-state index in [1.54, 1.807) is 36.8 Å². The van der Waals surface area contributed by atoms with Crippen molar-refractivity contribution in [3.05, 3.63) is 74.0 Å². The lowest BCUT2D eigenvalue weighted by molar-refractivity contribution is 0.216. The van der Waals surface area contributed by atoms with Crippen molar-refractivity contribution >= 4 is 51.3 Å². The maximum Gasteiger partial charge on any atom is 0.162 e. The lowest BCUT2D eigenvalue weighted by Crippen LogP contribution is -2.65. The molecule has 208 valence electrons. The Morgan fingerprint density at radius 3 is 2.59 bits per heavy atom. The number of aromatic nitrogens is 5. The number of benzene rings is 1. The molecule has 6 rings (SSSR count). The van der Waals surface area contributed by atoms with Crippen molar-refractivity contribution in [1.82, 2.24) is 25.1 Å². The van der Waals surface area contributed by atoms with Gasteiger partial charge < -0.3 is 20.1 Å². The van der Waals surface area contributed by atoms with Crippen LogP contribution in [0.4, 0.5) is 5.82 Å². The number of fused-ring (bicyclic) bond motifs is 1. The van der Waals surface area contributed by atoms with Gasteiger partial charge in [0, 0.05) is 65.3 Å². The minimum Gasteiger partial charge on any atom is -0.493 e. The lowest BCUT2D eigenvalue weighted by atomic mass is 9.91. The van der Waals surface area contributed by atoms with E-state index in [1.807, 2.05) is 30.2 Å². The third-order valence-corrected chi connectivity index (χ3v) is 8.78. The number of aryl methyl sites for hydroxylation is 1. The normalized spacial score (nSPS) is 14.9. The van der Waals surface area contributed by atoms with Crippen LogP contribution >= 0.6 is 34.5 Å². The van der Waals surface area contributed by atoms with Crippen LogP contribution in [0.15, 0.2) is 42.2 Å². The number of nitrogens with two attached hydrogens (primary N) is 1. The van der Waals surface area contributed by atoms with E-state index in [0.29, 0.717) is 62.8 Å². The second-order valence-corrected chi connectivity index (χ2v) is 11.6. The summed E-state index contributed by atoms with van der Waals surface area (Å²) < 4.78 is 11.9. The van der Waals surface area contributed by atoms with Crippen LogP contribution < -0.4 is 20.1 Å². The summed E-state index contributed by atoms with van der Waals surface area (Å²) in [5, 5.41) is 22.0. The molecule has 0 bridgehead atoms. The Kier molecular flexibility index (Phi) is 6.95. The molecule has 1 aliphatic heterocycles. The largest absolute Gasteiger partial charge is 0.493 e. The maximum absolute atomic E-state index is 9.99. The van der Waals surface area contributed by atoms with Crippen molar-refractivity contribution in [2.75, 3.05) is 25.1 Å². The molecule has 5 heterocycles. The van der Waals surface area contributed by atoms with Crippen LogP contribution in [0.3, 0.4) is 0 Å². The first-order chi connectivity index (χ1) is 19.7. The van der Waals surface area contributed by atoms with Crippen molar-refractivity contribution in [1.29, 1.82) is 5.26 Å². The molecule has 41 heavy (non-hydrogen) atoms. The third-order valence-electron chi connectivity index (χ3n) is 7.00. The number of thiazole rings is 1. The summed E-state index contributed by atoms with van der Waals surface area (Å²) in [6.45, 7) is 4.84. The van der Waals surface area contributed by atoms with Crippen LogP contribution in [-0.2, 0) is 5.54 Å². The fourth-order valence-corrected chi connectivity index (χ4v) is 6.55. The number of hydrogen-bond acceptors (Lipinski definition) is 10. The van der Waals surface area contributed by atoms with Crippen LogP contribution in [0.1, 0.15) is 34.9 Å². The van der Waals surface area contributed by atoms with Crippen LogP contribution in [0.2, 0.25) is 10.0 Å². The summed E-state index contributed by atoms with van der Waals surface area (Å²) in [7, 11) is 1.56. The van der Waals surface area contributed by atoms with Gasteiger partial charge in [0.1, 0.15) is 34.2 Å². The van der Waals surface area contributed by atoms with E-state index >= 15 is 0 Å². The van der Waals surface area contributed by atoms with Crippen molar-refractivity contribution in [3.8, 4) is 28.8 Å². The summed E-state index contributed by atoms with van der Waals surface area (Å²) in [5.74, 6) is 1.56. The number of nitrogens with zero attached hydrogens (tertiary/aromatic N) is 6. The summed E-state index contributed by atoms with van der Waals surface area (Å²) >= 11 is 14.3. The third kappa shape index (κ3) is 4.83. The van der Waals surface area contributed by atoms with E-state index in [0.717, 1.165) is 21.6 Å². The van der Waals surface area contributed by atoms with E-state index in [-0.39, 0.29) is 0 Å². The Morgan fingerprint density at radius 1 is 1.17 bits per heavy atom. The van der Waals surface area contributed by atoms with Gasteiger partial charge in [-0.05, 0) is 26.0 Å². The fourth-order valence-electron chi connectivity index (χ4n) is 4.98. The molecule has 5 aromatic rings. The van der Waals surface area contributed by atoms with Gasteiger partial charge in [0.25, 0.3) is 0 Å². The Balaban J connectivity index is 1.31. The number of pyridine rings is 2. The zero-order chi connectivity index (χ0) is 28.9. The summed E-state index contributed by atoms with van der Waals surface area (Å²) in [5.41, 5.74) is 10.1. The fraction of sp³-hybridized carbons (Fsp3) is 0.250. The highest BCUT2D eigenvalue weighted by Gasteiger charge is 2.44. The minimum atomic E-state index is -0.554. The predicted octanol–water partition coefficient (Wildman–Crippen LogP) is 5.79. The highest BCUT2D eigenvalue weighted by atomic mass is 35.5. The molecule has 13 heteroatoms. The van der Waals surface area contributed by atoms with Crippen molar-refractivity contribution in [3.63, 3.8) is 0 Å². The Bertz CT molecular complexity index is 1810. The van der Waals surface area contributed by atoms with Gasteiger partial charge in [-0.15, -0.1) is 11.3 Å². The minimum absolute atomic E-state index is 0.403. The van der Waals surface area contributed by atoms with Gasteiger partial charge in [-0.25, -0.2) is 9.97 Å². The van der Waals surface area contributed by atoms with Crippen molar-refractivity contribution in [2.24, 2.45) is 5.73 Å². The Labute approximate surface area is 249 Å². The first kappa shape index (κ1) is 27.2. The Morgan fingerprint density at radius 2 is 1.93 bits per heavy atom. The summed E-state index contributed by atoms with van der Waals surface area (Å²) in [4.78, 5) is 15.2. The van der Waals surface area contributed by atoms with Crippen LogP contribution in [-0.4, -0.2) is 45.3 Å². The molecule has 1 aliphatic rings. The van der Waals surface area contributed by atoms with Crippen LogP contribution in [0.5, 0.6) is 11.5 Å². The number of ether oxygens (including phenoxy) is 2. The second kappa shape index (κ2) is 10.5. The van der Waals surface area contributed by atoms with E-state index in [4.69, 9.17) is 38.4 Å². The van der Waals surface area contributed by atoms with Crippen LogP contribution in [0.25, 0.3) is 22.2 Å². The van der Waals surface area contributed by atoms with Gasteiger partial charge in [0.2, 0.25) is 0 Å². The molecule has 1 atom stereocenters. The molecular formula is C28H24Cl2N8O2S. The topological polar surface area (TPSA) is 139 Å². The first-order valence-corrected chi connectivity index (χ1v) is 14.2. The van der Waals surface area contributed by atoms with Crippen molar-refractivity contribution < 1.29 is 9.47 Å². The van der Waals surface area contributed by atoms with Gasteiger partial charge in [0.05, 0.1) is 28.2 Å². The van der Waals surface area contributed by atoms with Gasteiger partial charge in [-0.3, -0.25) is 10.1 Å². The van der Waals surface area contributed by atoms with Gasteiger partial charge >= 0.3 is 0 Å². The number of nitrogens with one attached hydrogen (secondary N) is 1. The molecule has 0 aliphatic carbocycles. The van der Waals surface area contributed by atoms with Crippen LogP contribution in [0, 0.1) is 18.3 Å². The SMILES string of the molecule is COc1cc2[nH]nc(-c3cnc(N4CC(N)(c5nc(C)cs5)C4)c(C#N)c3)c2cc1O[C@H](C)c1c(Cl)cncc1Cl. The van der Waals surface area contributed by atoms with E-state index < -0.39 is 11.6 Å². The molecule has 1 fully saturated rings. The molecule has 3 N–H and O–H groups in total. The van der Waals surface area contributed by atoms with Crippen molar-refractivity contribution in [2.45, 2.75) is 25.5 Å². The summed E-state index contributed by atoms with van der Waals surface area (Å²) in [6, 6.07) is 7.70. The maximum atomic E-state index is 9.99. The van der Waals surface area contributed by atoms with E-state index in [9.17, 15) is 5.26 Å². The zero-order valence-corrected chi connectivity index (χ0v) is 24.6. The molecule has 0 saturated carbocycles. The second-order valence-electron chi connectivity index (χ2n) is 9.91. The predicted molar refractivity (Wildman–Crippen MR) is 159 cm³/mol. The molecule has 1 aromatic carbocycles. The molecule has 0 radical (unpaired) electrons. The number of nitriles is 1. The highest BCUT2D eigenvalue weighted by molar-refractivity contribution is 7.09. The number of anilines is 1. The lowest BCUT2D eigenvalue weighted by Gasteiger charge is -2.47. The number of hydrogen-bond donors (Lipinski definition) is 2. The Hall–Kier alpha value is -3.95. The molecule has 0 spiro atoms. The summed E-state index contributed by atoms with van der Waals surface area (Å²) in [6.07, 6.45) is 4.26. The van der Waals surface area contributed by atoms with Gasteiger partial charge in [-0.1, -0.05) is 23.2 Å². The average molecular weight is 608 g/mol. The highest BCUT2D eigenvalue weighted by Crippen LogP contribution is 2.41. The molecular weight excluding hydrogens is 583 g/mol. The quantitative estimate of drug-likeness (QED) is 0.236. The number of rotatable bonds is 7. The average Bonchev–Trinajstić information content (AvgIpc) is 3.56. The monoisotopic (exact) mass is 606 g/mol. The van der Waals surface area contributed by atoms with E-state index in [1.165, 1.54) is 12.4 Å². The molecule has 4 aromatic heterocycles. The number of aromatic amines is 1. The van der Waals surface area contributed by atoms with Gasteiger partial charge in [0.15, 0.2) is 11.5 Å². The van der Waals surface area contributed by atoms with Gasteiger partial charge in [-0.2, -0.15) is 10.4 Å². The zero-order valence-electron chi connectivity index (χ0n) is 22.3. The number of methoxy groups -OCH3 is 1. The smallest absolute Gasteiger partial charge is 0.162 e.